The summed E-state index contributed by atoms with van der Waals surface area (Å²) in [6, 6.07) is 8.39. The van der Waals surface area contributed by atoms with Crippen LogP contribution >= 0.6 is 11.8 Å². The number of aliphatic hydroxyl groups is 1. The van der Waals surface area contributed by atoms with Gasteiger partial charge in [-0.2, -0.15) is 0 Å². The van der Waals surface area contributed by atoms with Crippen molar-refractivity contribution < 1.29 is 5.11 Å². The third-order valence-electron chi connectivity index (χ3n) is 2.41. The minimum Gasteiger partial charge on any atom is -0.390 e. The number of thioether (sulfide) groups is 1. The molecule has 1 aromatic rings. The molecule has 1 aromatic carbocycles. The standard InChI is InChI=1S/C13H22N2OS/c1-10(2)17-13-6-4-11(5-7-13)15(3)9-12(16)8-14/h4-7,10,12,16H,8-9,14H2,1-3H3. The first-order valence-electron chi connectivity index (χ1n) is 5.89. The van der Waals surface area contributed by atoms with Crippen molar-refractivity contribution in [2.24, 2.45) is 5.73 Å². The summed E-state index contributed by atoms with van der Waals surface area (Å²) in [6.07, 6.45) is -0.468. The Morgan fingerprint density at radius 1 is 1.29 bits per heavy atom. The summed E-state index contributed by atoms with van der Waals surface area (Å²) in [6.45, 7) is 5.23. The highest BCUT2D eigenvalue weighted by Gasteiger charge is 2.07. The first kappa shape index (κ1) is 14.4. The fourth-order valence-electron chi connectivity index (χ4n) is 1.55. The van der Waals surface area contributed by atoms with E-state index in [9.17, 15) is 5.11 Å². The lowest BCUT2D eigenvalue weighted by atomic mass is 10.2. The van der Waals surface area contributed by atoms with Gasteiger partial charge in [0.2, 0.25) is 0 Å². The maximum absolute atomic E-state index is 9.49. The number of rotatable bonds is 6. The Morgan fingerprint density at radius 3 is 2.35 bits per heavy atom. The van der Waals surface area contributed by atoms with Gasteiger partial charge >= 0.3 is 0 Å². The minimum absolute atomic E-state index is 0.297. The zero-order valence-electron chi connectivity index (χ0n) is 10.8. The summed E-state index contributed by atoms with van der Waals surface area (Å²) in [5.74, 6) is 0. The van der Waals surface area contributed by atoms with Crippen molar-refractivity contribution in [2.75, 3.05) is 25.0 Å². The Morgan fingerprint density at radius 2 is 1.88 bits per heavy atom. The molecule has 0 aliphatic carbocycles. The van der Waals surface area contributed by atoms with Gasteiger partial charge in [-0.25, -0.2) is 0 Å². The fraction of sp³-hybridized carbons (Fsp3) is 0.538. The number of benzene rings is 1. The SMILES string of the molecule is CC(C)Sc1ccc(N(C)CC(O)CN)cc1. The summed E-state index contributed by atoms with van der Waals surface area (Å²) in [4.78, 5) is 3.29. The first-order valence-corrected chi connectivity index (χ1v) is 6.77. The summed E-state index contributed by atoms with van der Waals surface area (Å²) in [5, 5.41) is 10.1. The van der Waals surface area contributed by atoms with Crippen molar-refractivity contribution in [3.05, 3.63) is 24.3 Å². The van der Waals surface area contributed by atoms with E-state index in [4.69, 9.17) is 5.73 Å². The van der Waals surface area contributed by atoms with E-state index < -0.39 is 6.10 Å². The molecule has 0 heterocycles. The largest absolute Gasteiger partial charge is 0.390 e. The van der Waals surface area contributed by atoms with Gasteiger partial charge in [0.15, 0.2) is 0 Å². The molecule has 4 heteroatoms. The smallest absolute Gasteiger partial charge is 0.0836 e. The van der Waals surface area contributed by atoms with Crippen molar-refractivity contribution in [1.29, 1.82) is 0 Å². The van der Waals surface area contributed by atoms with E-state index in [-0.39, 0.29) is 0 Å². The molecule has 0 fully saturated rings. The van der Waals surface area contributed by atoms with Crippen LogP contribution in [-0.4, -0.2) is 36.6 Å². The number of hydrogen-bond donors (Lipinski definition) is 2. The second-order valence-corrected chi connectivity index (χ2v) is 6.08. The van der Waals surface area contributed by atoms with Crippen LogP contribution in [0.4, 0.5) is 5.69 Å². The maximum Gasteiger partial charge on any atom is 0.0836 e. The molecule has 0 radical (unpaired) electrons. The number of nitrogens with two attached hydrogens (primary N) is 1. The van der Waals surface area contributed by atoms with Crippen molar-refractivity contribution in [3.63, 3.8) is 0 Å². The second kappa shape index (κ2) is 6.89. The Hall–Kier alpha value is -0.710. The van der Waals surface area contributed by atoms with E-state index in [1.807, 2.05) is 23.7 Å². The lowest BCUT2D eigenvalue weighted by Crippen LogP contribution is -2.34. The molecule has 0 aromatic heterocycles. The van der Waals surface area contributed by atoms with Crippen LogP contribution in [0.5, 0.6) is 0 Å². The highest BCUT2D eigenvalue weighted by molar-refractivity contribution is 7.99. The third kappa shape index (κ3) is 4.98. The van der Waals surface area contributed by atoms with Crippen LogP contribution in [0, 0.1) is 0 Å². The van der Waals surface area contributed by atoms with Crippen molar-refractivity contribution in [2.45, 2.75) is 30.1 Å². The molecule has 0 aliphatic heterocycles. The van der Waals surface area contributed by atoms with Gasteiger partial charge in [-0.05, 0) is 24.3 Å². The van der Waals surface area contributed by atoms with Crippen LogP contribution in [0.15, 0.2) is 29.2 Å². The van der Waals surface area contributed by atoms with E-state index in [2.05, 4.69) is 38.1 Å². The summed E-state index contributed by atoms with van der Waals surface area (Å²) >= 11 is 1.85. The molecule has 0 aliphatic rings. The molecule has 0 saturated heterocycles. The zero-order valence-corrected chi connectivity index (χ0v) is 11.6. The molecule has 0 bridgehead atoms. The van der Waals surface area contributed by atoms with E-state index in [1.54, 1.807) is 0 Å². The molecule has 1 rings (SSSR count). The van der Waals surface area contributed by atoms with Gasteiger partial charge in [0.25, 0.3) is 0 Å². The van der Waals surface area contributed by atoms with Gasteiger partial charge in [-0.3, -0.25) is 0 Å². The van der Waals surface area contributed by atoms with Gasteiger partial charge in [-0.1, -0.05) is 13.8 Å². The number of aliphatic hydroxyl groups excluding tert-OH is 1. The molecule has 17 heavy (non-hydrogen) atoms. The molecule has 1 atom stereocenters. The number of hydrogen-bond acceptors (Lipinski definition) is 4. The van der Waals surface area contributed by atoms with Gasteiger partial charge < -0.3 is 15.7 Å². The molecule has 3 nitrogen and oxygen atoms in total. The van der Waals surface area contributed by atoms with Gasteiger partial charge in [0.05, 0.1) is 6.10 Å². The van der Waals surface area contributed by atoms with Crippen molar-refractivity contribution in [3.8, 4) is 0 Å². The van der Waals surface area contributed by atoms with Crippen LogP contribution in [-0.2, 0) is 0 Å². The van der Waals surface area contributed by atoms with E-state index in [0.29, 0.717) is 18.3 Å². The highest BCUT2D eigenvalue weighted by Crippen LogP contribution is 2.25. The second-order valence-electron chi connectivity index (χ2n) is 4.43. The van der Waals surface area contributed by atoms with Crippen molar-refractivity contribution >= 4 is 17.4 Å². The topological polar surface area (TPSA) is 49.5 Å². The van der Waals surface area contributed by atoms with Gasteiger partial charge in [-0.15, -0.1) is 11.8 Å². The summed E-state index contributed by atoms with van der Waals surface area (Å²) in [5.41, 5.74) is 6.50. The Kier molecular flexibility index (Phi) is 5.82. The molecule has 0 saturated carbocycles. The van der Waals surface area contributed by atoms with Gasteiger partial charge in [0.1, 0.15) is 0 Å². The lowest BCUT2D eigenvalue weighted by molar-refractivity contribution is 0.189. The van der Waals surface area contributed by atoms with Crippen LogP contribution in [0.25, 0.3) is 0 Å². The fourth-order valence-corrected chi connectivity index (χ4v) is 2.38. The quantitative estimate of drug-likeness (QED) is 0.762. The van der Waals surface area contributed by atoms with Gasteiger partial charge in [0, 0.05) is 36.0 Å². The Balaban J connectivity index is 2.60. The number of anilines is 1. The third-order valence-corrected chi connectivity index (χ3v) is 3.42. The normalized spacial score (nSPS) is 12.8. The molecule has 96 valence electrons. The summed E-state index contributed by atoms with van der Waals surface area (Å²) in [7, 11) is 1.96. The van der Waals surface area contributed by atoms with Crippen molar-refractivity contribution in [1.82, 2.24) is 0 Å². The molecule has 0 spiro atoms. The first-order chi connectivity index (χ1) is 8.02. The number of likely N-dealkylation sites (N-methyl/N-ethyl adjacent to an activating group) is 1. The van der Waals surface area contributed by atoms with Crippen LogP contribution in [0.3, 0.4) is 0 Å². The Labute approximate surface area is 108 Å². The average molecular weight is 254 g/mol. The molecular weight excluding hydrogens is 232 g/mol. The predicted molar refractivity (Wildman–Crippen MR) is 75.8 cm³/mol. The van der Waals surface area contributed by atoms with E-state index in [1.165, 1.54) is 4.90 Å². The zero-order chi connectivity index (χ0) is 12.8. The highest BCUT2D eigenvalue weighted by atomic mass is 32.2. The average Bonchev–Trinajstić information content (AvgIpc) is 2.28. The van der Waals surface area contributed by atoms with Crippen LogP contribution in [0.1, 0.15) is 13.8 Å². The molecule has 1 unspecified atom stereocenters. The maximum atomic E-state index is 9.49. The minimum atomic E-state index is -0.468. The number of nitrogens with zero attached hydrogens (tertiary/aromatic N) is 1. The molecular formula is C13H22N2OS. The lowest BCUT2D eigenvalue weighted by Gasteiger charge is -2.22. The molecule has 3 N–H and O–H groups in total. The van der Waals surface area contributed by atoms with Crippen LogP contribution < -0.4 is 10.6 Å². The Bertz CT molecular complexity index is 327. The monoisotopic (exact) mass is 254 g/mol. The van der Waals surface area contributed by atoms with Crippen LogP contribution in [0.2, 0.25) is 0 Å². The molecule has 0 amide bonds. The summed E-state index contributed by atoms with van der Waals surface area (Å²) < 4.78 is 0. The predicted octanol–water partition coefficient (Wildman–Crippen LogP) is 1.94. The van der Waals surface area contributed by atoms with E-state index >= 15 is 0 Å². The van der Waals surface area contributed by atoms with E-state index in [0.717, 1.165) is 5.69 Å².